The minimum Gasteiger partial charge on any atom is -0.481 e. The predicted molar refractivity (Wildman–Crippen MR) is 69.0 cm³/mol. The van der Waals surface area contributed by atoms with Gasteiger partial charge in [0.15, 0.2) is 0 Å². The van der Waals surface area contributed by atoms with Crippen LogP contribution in [0.3, 0.4) is 0 Å². The van der Waals surface area contributed by atoms with Gasteiger partial charge in [0.05, 0.1) is 11.3 Å². The van der Waals surface area contributed by atoms with Crippen molar-refractivity contribution < 1.29 is 14.7 Å². The molecule has 18 heavy (non-hydrogen) atoms. The van der Waals surface area contributed by atoms with Gasteiger partial charge in [0.2, 0.25) is 5.91 Å². The van der Waals surface area contributed by atoms with Crippen LogP contribution in [0.15, 0.2) is 0 Å². The van der Waals surface area contributed by atoms with E-state index >= 15 is 0 Å². The highest BCUT2D eigenvalue weighted by Gasteiger charge is 2.44. The largest absolute Gasteiger partial charge is 0.481 e. The first-order valence-electron chi connectivity index (χ1n) is 6.38. The van der Waals surface area contributed by atoms with E-state index in [0.717, 1.165) is 6.42 Å². The van der Waals surface area contributed by atoms with Gasteiger partial charge in [-0.1, -0.05) is 0 Å². The van der Waals surface area contributed by atoms with E-state index in [4.69, 9.17) is 10.8 Å². The lowest BCUT2D eigenvalue weighted by Gasteiger charge is -2.42. The van der Waals surface area contributed by atoms with Gasteiger partial charge in [-0.2, -0.15) is 0 Å². The highest BCUT2D eigenvalue weighted by molar-refractivity contribution is 5.84. The Morgan fingerprint density at radius 3 is 2.28 bits per heavy atom. The van der Waals surface area contributed by atoms with Crippen LogP contribution in [0, 0.1) is 11.3 Å². The van der Waals surface area contributed by atoms with Gasteiger partial charge in [-0.3, -0.25) is 9.59 Å². The summed E-state index contributed by atoms with van der Waals surface area (Å²) in [5.74, 6) is -1.32. The molecule has 1 heterocycles. The maximum Gasteiger partial charge on any atom is 0.308 e. The van der Waals surface area contributed by atoms with E-state index in [2.05, 4.69) is 0 Å². The molecule has 0 aromatic heterocycles. The van der Waals surface area contributed by atoms with Crippen LogP contribution in [0.2, 0.25) is 0 Å². The molecule has 104 valence electrons. The fraction of sp³-hybridized carbons (Fsp3) is 0.846. The van der Waals surface area contributed by atoms with Crippen LogP contribution in [-0.4, -0.2) is 40.5 Å². The Kier molecular flexibility index (Phi) is 4.05. The molecule has 0 aromatic rings. The number of aliphatic carboxylic acids is 1. The summed E-state index contributed by atoms with van der Waals surface area (Å²) >= 11 is 0. The standard InChI is InChI=1S/C13H24N2O3/c1-12(2,13(3,4)14)11(18)15-7-5-6-9(8-15)10(16)17/h9H,5-8,14H2,1-4H3,(H,16,17)/t9-/m0/s1. The first-order chi connectivity index (χ1) is 8.07. The lowest BCUT2D eigenvalue weighted by molar-refractivity contribution is -0.150. The normalized spacial score (nSPS) is 21.8. The number of amides is 1. The number of carboxylic acid groups (broad SMARTS) is 1. The van der Waals surface area contributed by atoms with Crippen LogP contribution in [0.4, 0.5) is 0 Å². The van der Waals surface area contributed by atoms with Crippen molar-refractivity contribution in [3.63, 3.8) is 0 Å². The zero-order valence-electron chi connectivity index (χ0n) is 11.7. The molecule has 1 amide bonds. The topological polar surface area (TPSA) is 83.6 Å². The summed E-state index contributed by atoms with van der Waals surface area (Å²) in [6.07, 6.45) is 1.38. The summed E-state index contributed by atoms with van der Waals surface area (Å²) in [6, 6.07) is 0. The predicted octanol–water partition coefficient (Wildman–Crippen LogP) is 1.07. The molecule has 3 N–H and O–H groups in total. The number of carbonyl (C=O) groups excluding carboxylic acids is 1. The van der Waals surface area contributed by atoms with Crippen molar-refractivity contribution in [3.05, 3.63) is 0 Å². The van der Waals surface area contributed by atoms with Gasteiger partial charge in [0.25, 0.3) is 0 Å². The van der Waals surface area contributed by atoms with Crippen molar-refractivity contribution in [1.82, 2.24) is 4.90 Å². The number of carbonyl (C=O) groups is 2. The quantitative estimate of drug-likeness (QED) is 0.791. The van der Waals surface area contributed by atoms with Crippen LogP contribution in [0.1, 0.15) is 40.5 Å². The maximum absolute atomic E-state index is 12.5. The van der Waals surface area contributed by atoms with E-state index in [9.17, 15) is 9.59 Å². The smallest absolute Gasteiger partial charge is 0.308 e. The van der Waals surface area contributed by atoms with Gasteiger partial charge in [-0.25, -0.2) is 0 Å². The molecule has 0 saturated carbocycles. The number of rotatable bonds is 3. The van der Waals surface area contributed by atoms with Gasteiger partial charge in [0, 0.05) is 18.6 Å². The third-order valence-electron chi connectivity index (χ3n) is 4.20. The van der Waals surface area contributed by atoms with Crippen molar-refractivity contribution in [2.45, 2.75) is 46.1 Å². The fourth-order valence-electron chi connectivity index (χ4n) is 2.03. The number of likely N-dealkylation sites (tertiary alicyclic amines) is 1. The molecular weight excluding hydrogens is 232 g/mol. The SMILES string of the molecule is CC(C)(N)C(C)(C)C(=O)N1CCC[C@H](C(=O)O)C1. The monoisotopic (exact) mass is 256 g/mol. The van der Waals surface area contributed by atoms with E-state index < -0.39 is 22.8 Å². The Balaban J connectivity index is 2.82. The van der Waals surface area contributed by atoms with Crippen LogP contribution >= 0.6 is 0 Å². The van der Waals surface area contributed by atoms with Crippen LogP contribution < -0.4 is 5.73 Å². The molecule has 0 radical (unpaired) electrons. The lowest BCUT2D eigenvalue weighted by atomic mass is 9.73. The Morgan fingerprint density at radius 1 is 1.28 bits per heavy atom. The molecule has 0 bridgehead atoms. The van der Waals surface area contributed by atoms with E-state index in [1.807, 2.05) is 27.7 Å². The van der Waals surface area contributed by atoms with Gasteiger partial charge in [0.1, 0.15) is 0 Å². The third-order valence-corrected chi connectivity index (χ3v) is 4.20. The number of hydrogen-bond acceptors (Lipinski definition) is 3. The molecule has 1 aliphatic heterocycles. The number of nitrogens with two attached hydrogens (primary N) is 1. The second-order valence-corrected chi connectivity index (χ2v) is 6.28. The van der Waals surface area contributed by atoms with Crippen LogP contribution in [0.25, 0.3) is 0 Å². The zero-order valence-corrected chi connectivity index (χ0v) is 11.7. The van der Waals surface area contributed by atoms with Gasteiger partial charge in [-0.15, -0.1) is 0 Å². The second kappa shape index (κ2) is 4.88. The highest BCUT2D eigenvalue weighted by atomic mass is 16.4. The van der Waals surface area contributed by atoms with Gasteiger partial charge < -0.3 is 15.7 Å². The first-order valence-corrected chi connectivity index (χ1v) is 6.38. The summed E-state index contributed by atoms with van der Waals surface area (Å²) in [5, 5.41) is 9.04. The molecule has 0 unspecified atom stereocenters. The number of carboxylic acids is 1. The second-order valence-electron chi connectivity index (χ2n) is 6.28. The molecule has 0 aromatic carbocycles. The molecule has 5 nitrogen and oxygen atoms in total. The third kappa shape index (κ3) is 2.83. The summed E-state index contributed by atoms with van der Waals surface area (Å²) < 4.78 is 0. The molecule has 1 saturated heterocycles. The van der Waals surface area contributed by atoms with Gasteiger partial charge >= 0.3 is 5.97 Å². The van der Waals surface area contributed by atoms with Crippen molar-refractivity contribution in [3.8, 4) is 0 Å². The zero-order chi connectivity index (χ0) is 14.1. The summed E-state index contributed by atoms with van der Waals surface area (Å²) in [6.45, 7) is 8.21. The van der Waals surface area contributed by atoms with Crippen molar-refractivity contribution in [2.24, 2.45) is 17.1 Å². The summed E-state index contributed by atoms with van der Waals surface area (Å²) in [5.41, 5.74) is 4.71. The summed E-state index contributed by atoms with van der Waals surface area (Å²) in [4.78, 5) is 25.1. The Morgan fingerprint density at radius 2 is 1.83 bits per heavy atom. The molecule has 1 fully saturated rings. The molecule has 1 rings (SSSR count). The van der Waals surface area contributed by atoms with Crippen LogP contribution in [-0.2, 0) is 9.59 Å². The molecule has 0 aliphatic carbocycles. The Hall–Kier alpha value is -1.10. The highest BCUT2D eigenvalue weighted by Crippen LogP contribution is 2.32. The minimum atomic E-state index is -0.822. The molecule has 0 spiro atoms. The van der Waals surface area contributed by atoms with Crippen molar-refractivity contribution in [2.75, 3.05) is 13.1 Å². The van der Waals surface area contributed by atoms with E-state index in [1.165, 1.54) is 0 Å². The summed E-state index contributed by atoms with van der Waals surface area (Å²) in [7, 11) is 0. The fourth-order valence-corrected chi connectivity index (χ4v) is 2.03. The average Bonchev–Trinajstić information content (AvgIpc) is 2.26. The van der Waals surface area contributed by atoms with Crippen molar-refractivity contribution in [1.29, 1.82) is 0 Å². The van der Waals surface area contributed by atoms with E-state index in [-0.39, 0.29) is 5.91 Å². The number of hydrogen-bond donors (Lipinski definition) is 2. The average molecular weight is 256 g/mol. The Bertz CT molecular complexity index is 345. The van der Waals surface area contributed by atoms with Crippen LogP contribution in [0.5, 0.6) is 0 Å². The van der Waals surface area contributed by atoms with Gasteiger partial charge in [-0.05, 0) is 40.5 Å². The van der Waals surface area contributed by atoms with E-state index in [1.54, 1.807) is 4.90 Å². The lowest BCUT2D eigenvalue weighted by Crippen LogP contribution is -2.58. The minimum absolute atomic E-state index is 0.0547. The molecule has 5 heteroatoms. The first kappa shape index (κ1) is 15.0. The number of piperidine rings is 1. The van der Waals surface area contributed by atoms with Crippen molar-refractivity contribution >= 4 is 11.9 Å². The molecule has 1 aliphatic rings. The number of nitrogens with zero attached hydrogens (tertiary/aromatic N) is 1. The Labute approximate surface area is 108 Å². The molecular formula is C13H24N2O3. The maximum atomic E-state index is 12.5. The molecule has 1 atom stereocenters. The van der Waals surface area contributed by atoms with E-state index in [0.29, 0.717) is 19.5 Å².